The zero-order valence-electron chi connectivity index (χ0n) is 11.9. The molecule has 3 aliphatic rings. The standard InChI is InChI=1S/C15H23NO3/c1-14(10-18-14)8-16(9-15(2)11-19-15)13(17)12-6-4-3-5-7-12/h6H,3-5,7-11H2,1-2H3. The quantitative estimate of drug-likeness (QED) is 0.713. The molecular weight excluding hydrogens is 242 g/mol. The highest BCUT2D eigenvalue weighted by Gasteiger charge is 2.47. The Bertz CT molecular complexity index is 388. The minimum Gasteiger partial charge on any atom is -0.368 e. The Hall–Kier alpha value is -0.870. The highest BCUT2D eigenvalue weighted by molar-refractivity contribution is 5.93. The number of rotatable bonds is 5. The van der Waals surface area contributed by atoms with Gasteiger partial charge in [-0.3, -0.25) is 4.79 Å². The summed E-state index contributed by atoms with van der Waals surface area (Å²) in [5, 5.41) is 0. The van der Waals surface area contributed by atoms with Crippen LogP contribution in [-0.4, -0.2) is 48.3 Å². The molecule has 2 heterocycles. The van der Waals surface area contributed by atoms with E-state index in [2.05, 4.69) is 19.9 Å². The first-order valence-corrected chi connectivity index (χ1v) is 7.26. The SMILES string of the molecule is CC1(CN(CC2(C)CO2)C(=O)C2=CCCCC2)CO1. The molecule has 0 radical (unpaired) electrons. The van der Waals surface area contributed by atoms with E-state index in [4.69, 9.17) is 9.47 Å². The van der Waals surface area contributed by atoms with Gasteiger partial charge >= 0.3 is 0 Å². The molecule has 2 atom stereocenters. The van der Waals surface area contributed by atoms with Crippen molar-refractivity contribution in [2.75, 3.05) is 26.3 Å². The van der Waals surface area contributed by atoms with Crippen molar-refractivity contribution in [1.82, 2.24) is 4.90 Å². The van der Waals surface area contributed by atoms with Gasteiger partial charge in [0.05, 0.1) is 26.3 Å². The average Bonchev–Trinajstić information content (AvgIpc) is 3.30. The van der Waals surface area contributed by atoms with Gasteiger partial charge in [0, 0.05) is 5.57 Å². The van der Waals surface area contributed by atoms with E-state index >= 15 is 0 Å². The molecule has 106 valence electrons. The van der Waals surface area contributed by atoms with Crippen LogP contribution in [0.1, 0.15) is 39.5 Å². The van der Waals surface area contributed by atoms with Gasteiger partial charge in [0.2, 0.25) is 5.91 Å². The van der Waals surface area contributed by atoms with Crippen molar-refractivity contribution in [1.29, 1.82) is 0 Å². The van der Waals surface area contributed by atoms with Crippen molar-refractivity contribution >= 4 is 5.91 Å². The predicted octanol–water partition coefficient (Wildman–Crippen LogP) is 1.89. The highest BCUT2D eigenvalue weighted by atomic mass is 16.6. The van der Waals surface area contributed by atoms with Crippen LogP contribution in [0, 0.1) is 0 Å². The second kappa shape index (κ2) is 4.60. The van der Waals surface area contributed by atoms with Crippen LogP contribution < -0.4 is 0 Å². The second-order valence-corrected chi connectivity index (χ2v) is 6.61. The summed E-state index contributed by atoms with van der Waals surface area (Å²) in [4.78, 5) is 14.6. The number of hydrogen-bond donors (Lipinski definition) is 0. The number of nitrogens with zero attached hydrogens (tertiary/aromatic N) is 1. The molecule has 0 aromatic rings. The summed E-state index contributed by atoms with van der Waals surface area (Å²) in [5.41, 5.74) is 0.728. The number of carbonyl (C=O) groups excluding carboxylic acids is 1. The first-order valence-electron chi connectivity index (χ1n) is 7.26. The summed E-state index contributed by atoms with van der Waals surface area (Å²) in [6.07, 6.45) is 6.41. The van der Waals surface area contributed by atoms with Crippen LogP contribution in [0.15, 0.2) is 11.6 Å². The fourth-order valence-corrected chi connectivity index (χ4v) is 2.67. The van der Waals surface area contributed by atoms with Gasteiger partial charge in [0.25, 0.3) is 0 Å². The molecule has 2 aliphatic heterocycles. The van der Waals surface area contributed by atoms with Crippen molar-refractivity contribution in [3.05, 3.63) is 11.6 Å². The molecule has 0 N–H and O–H groups in total. The lowest BCUT2D eigenvalue weighted by Crippen LogP contribution is -2.44. The molecule has 0 aromatic heterocycles. The minimum absolute atomic E-state index is 0.129. The zero-order valence-corrected chi connectivity index (χ0v) is 11.9. The fraction of sp³-hybridized carbons (Fsp3) is 0.800. The van der Waals surface area contributed by atoms with E-state index in [-0.39, 0.29) is 17.1 Å². The molecule has 0 saturated carbocycles. The Morgan fingerprint density at radius 1 is 1.21 bits per heavy atom. The molecule has 1 amide bonds. The maximum atomic E-state index is 12.7. The molecule has 3 rings (SSSR count). The maximum Gasteiger partial charge on any atom is 0.249 e. The lowest BCUT2D eigenvalue weighted by Gasteiger charge is -2.28. The smallest absolute Gasteiger partial charge is 0.249 e. The molecule has 1 aliphatic carbocycles. The van der Waals surface area contributed by atoms with Gasteiger partial charge < -0.3 is 14.4 Å². The van der Waals surface area contributed by atoms with Crippen molar-refractivity contribution in [2.45, 2.75) is 50.7 Å². The first-order chi connectivity index (χ1) is 9.00. The monoisotopic (exact) mass is 265 g/mol. The van der Waals surface area contributed by atoms with Crippen LogP contribution in [0.5, 0.6) is 0 Å². The number of ether oxygens (including phenoxy) is 2. The molecule has 2 fully saturated rings. The Balaban J connectivity index is 1.69. The Morgan fingerprint density at radius 2 is 1.79 bits per heavy atom. The predicted molar refractivity (Wildman–Crippen MR) is 71.8 cm³/mol. The molecule has 19 heavy (non-hydrogen) atoms. The van der Waals surface area contributed by atoms with Crippen LogP contribution in [0.3, 0.4) is 0 Å². The summed E-state index contributed by atoms with van der Waals surface area (Å²) >= 11 is 0. The zero-order chi connectivity index (χ0) is 13.5. The number of amides is 1. The molecule has 4 nitrogen and oxygen atoms in total. The van der Waals surface area contributed by atoms with Crippen LogP contribution in [-0.2, 0) is 14.3 Å². The lowest BCUT2D eigenvalue weighted by atomic mass is 9.97. The third-order valence-corrected chi connectivity index (χ3v) is 4.18. The molecule has 2 saturated heterocycles. The first kappa shape index (κ1) is 13.1. The Morgan fingerprint density at radius 3 is 2.21 bits per heavy atom. The van der Waals surface area contributed by atoms with Crippen LogP contribution in [0.2, 0.25) is 0 Å². The molecule has 0 bridgehead atoms. The van der Waals surface area contributed by atoms with E-state index in [1.165, 1.54) is 6.42 Å². The van der Waals surface area contributed by atoms with Gasteiger partial charge in [0.1, 0.15) is 11.2 Å². The number of hydrogen-bond acceptors (Lipinski definition) is 3. The molecule has 0 aromatic carbocycles. The summed E-state index contributed by atoms with van der Waals surface area (Å²) in [5.74, 6) is 0.188. The maximum absolute atomic E-state index is 12.7. The van der Waals surface area contributed by atoms with E-state index in [0.717, 1.165) is 38.0 Å². The number of allylic oxidation sites excluding steroid dienone is 1. The van der Waals surface area contributed by atoms with Crippen LogP contribution >= 0.6 is 0 Å². The van der Waals surface area contributed by atoms with Crippen LogP contribution in [0.25, 0.3) is 0 Å². The van der Waals surface area contributed by atoms with E-state index in [1.54, 1.807) is 0 Å². The van der Waals surface area contributed by atoms with Crippen LogP contribution in [0.4, 0.5) is 0 Å². The lowest BCUT2D eigenvalue weighted by molar-refractivity contribution is -0.129. The minimum atomic E-state index is -0.129. The molecule has 0 spiro atoms. The van der Waals surface area contributed by atoms with E-state index in [0.29, 0.717) is 13.1 Å². The molecule has 2 unspecified atom stereocenters. The Labute approximate surface area is 114 Å². The van der Waals surface area contributed by atoms with Gasteiger partial charge in [-0.15, -0.1) is 0 Å². The van der Waals surface area contributed by atoms with Gasteiger partial charge in [-0.1, -0.05) is 6.08 Å². The normalized spacial score (nSPS) is 36.6. The summed E-state index contributed by atoms with van der Waals surface area (Å²) < 4.78 is 10.9. The summed E-state index contributed by atoms with van der Waals surface area (Å²) in [6, 6.07) is 0. The van der Waals surface area contributed by atoms with E-state index < -0.39 is 0 Å². The van der Waals surface area contributed by atoms with E-state index in [9.17, 15) is 4.79 Å². The topological polar surface area (TPSA) is 45.4 Å². The Kier molecular flexibility index (Phi) is 3.18. The van der Waals surface area contributed by atoms with Crippen molar-refractivity contribution in [3.63, 3.8) is 0 Å². The summed E-state index contributed by atoms with van der Waals surface area (Å²) in [6.45, 7) is 7.02. The fourth-order valence-electron chi connectivity index (χ4n) is 2.67. The molecule has 4 heteroatoms. The number of carbonyl (C=O) groups is 1. The third-order valence-electron chi connectivity index (χ3n) is 4.18. The highest BCUT2D eigenvalue weighted by Crippen LogP contribution is 2.32. The van der Waals surface area contributed by atoms with Crippen molar-refractivity contribution < 1.29 is 14.3 Å². The van der Waals surface area contributed by atoms with Crippen molar-refractivity contribution in [3.8, 4) is 0 Å². The second-order valence-electron chi connectivity index (χ2n) is 6.61. The van der Waals surface area contributed by atoms with Gasteiger partial charge in [-0.25, -0.2) is 0 Å². The van der Waals surface area contributed by atoms with Crippen molar-refractivity contribution in [2.24, 2.45) is 0 Å². The van der Waals surface area contributed by atoms with Gasteiger partial charge in [-0.05, 0) is 39.5 Å². The third kappa shape index (κ3) is 3.18. The summed E-state index contributed by atoms with van der Waals surface area (Å²) in [7, 11) is 0. The average molecular weight is 265 g/mol. The number of epoxide rings is 2. The van der Waals surface area contributed by atoms with Gasteiger partial charge in [-0.2, -0.15) is 0 Å². The largest absolute Gasteiger partial charge is 0.368 e. The molecular formula is C15H23NO3. The van der Waals surface area contributed by atoms with Gasteiger partial charge in [0.15, 0.2) is 0 Å². The van der Waals surface area contributed by atoms with E-state index in [1.807, 2.05) is 4.90 Å².